The maximum atomic E-state index is 10.8. The predicted octanol–water partition coefficient (Wildman–Crippen LogP) is 0.145. The van der Waals surface area contributed by atoms with Crippen LogP contribution in [0.1, 0.15) is 0 Å². The van der Waals surface area contributed by atoms with Crippen molar-refractivity contribution in [2.24, 2.45) is 0 Å². The Bertz CT molecular complexity index is 455. The molecule has 1 aromatic rings. The van der Waals surface area contributed by atoms with E-state index in [1.54, 1.807) is 11.0 Å². The number of nitro groups is 1. The molecular weight excluding hydrogens is 240 g/mol. The number of benzene rings is 1. The molecule has 1 fully saturated rings. The summed E-state index contributed by atoms with van der Waals surface area (Å²) in [4.78, 5) is 12.0. The van der Waals surface area contributed by atoms with Crippen molar-refractivity contribution in [2.45, 2.75) is 12.2 Å². The molecule has 1 aliphatic heterocycles. The number of methoxy groups -OCH3 is 1. The molecule has 2 atom stereocenters. The van der Waals surface area contributed by atoms with E-state index in [-0.39, 0.29) is 18.8 Å². The first kappa shape index (κ1) is 12.6. The molecule has 2 N–H and O–H groups in total. The van der Waals surface area contributed by atoms with Crippen LogP contribution in [0.2, 0.25) is 0 Å². The van der Waals surface area contributed by atoms with Gasteiger partial charge in [-0.3, -0.25) is 10.1 Å². The summed E-state index contributed by atoms with van der Waals surface area (Å²) in [6.45, 7) is 0.483. The van der Waals surface area contributed by atoms with Crippen LogP contribution in [0.4, 0.5) is 11.4 Å². The summed E-state index contributed by atoms with van der Waals surface area (Å²) in [7, 11) is 1.43. The molecule has 7 nitrogen and oxygen atoms in total. The molecule has 98 valence electrons. The Kier molecular flexibility index (Phi) is 3.35. The van der Waals surface area contributed by atoms with Gasteiger partial charge in [-0.25, -0.2) is 0 Å². The van der Waals surface area contributed by atoms with E-state index in [4.69, 9.17) is 4.74 Å². The van der Waals surface area contributed by atoms with Crippen LogP contribution in [0.5, 0.6) is 5.75 Å². The molecule has 2 rings (SSSR count). The van der Waals surface area contributed by atoms with Gasteiger partial charge in [0.15, 0.2) is 0 Å². The lowest BCUT2D eigenvalue weighted by molar-refractivity contribution is -0.384. The molecule has 0 saturated carbocycles. The van der Waals surface area contributed by atoms with Gasteiger partial charge < -0.3 is 19.8 Å². The van der Waals surface area contributed by atoms with Crippen molar-refractivity contribution in [3.8, 4) is 5.75 Å². The van der Waals surface area contributed by atoms with E-state index in [2.05, 4.69) is 0 Å². The minimum absolute atomic E-state index is 0.0831. The number of β-amino-alcohol motifs (C(OH)–C–C–N with tert-alkyl or cyclic N) is 2. The average molecular weight is 254 g/mol. The number of aliphatic hydroxyl groups is 2. The molecule has 7 heteroatoms. The van der Waals surface area contributed by atoms with E-state index < -0.39 is 17.1 Å². The van der Waals surface area contributed by atoms with Crippen LogP contribution in [0.25, 0.3) is 0 Å². The SMILES string of the molecule is COc1cc(N2CC(O)C(O)C2)cc([N+](=O)[O-])c1. The molecule has 0 aliphatic carbocycles. The lowest BCUT2D eigenvalue weighted by atomic mass is 10.2. The first-order chi connectivity index (χ1) is 8.51. The summed E-state index contributed by atoms with van der Waals surface area (Å²) in [5.41, 5.74) is 0.469. The molecule has 1 heterocycles. The topological polar surface area (TPSA) is 96.1 Å². The number of hydrogen-bond acceptors (Lipinski definition) is 6. The number of hydrogen-bond donors (Lipinski definition) is 2. The number of nitro benzene ring substituents is 1. The smallest absolute Gasteiger partial charge is 0.275 e. The Hall–Kier alpha value is -1.86. The van der Waals surface area contributed by atoms with Crippen molar-refractivity contribution >= 4 is 11.4 Å². The predicted molar refractivity (Wildman–Crippen MR) is 63.9 cm³/mol. The van der Waals surface area contributed by atoms with Crippen molar-refractivity contribution in [1.29, 1.82) is 0 Å². The quantitative estimate of drug-likeness (QED) is 0.588. The highest BCUT2D eigenvalue weighted by Crippen LogP contribution is 2.30. The fraction of sp³-hybridized carbons (Fsp3) is 0.455. The van der Waals surface area contributed by atoms with Gasteiger partial charge in [0.25, 0.3) is 5.69 Å². The molecule has 1 aliphatic rings. The molecule has 0 radical (unpaired) electrons. The number of nitrogens with zero attached hydrogens (tertiary/aromatic N) is 2. The number of aliphatic hydroxyl groups excluding tert-OH is 2. The largest absolute Gasteiger partial charge is 0.496 e. The Morgan fingerprint density at radius 3 is 2.44 bits per heavy atom. The second kappa shape index (κ2) is 4.79. The third-order valence-electron chi connectivity index (χ3n) is 2.95. The Morgan fingerprint density at radius 2 is 1.94 bits per heavy atom. The van der Waals surface area contributed by atoms with Gasteiger partial charge in [-0.2, -0.15) is 0 Å². The number of anilines is 1. The summed E-state index contributed by atoms with van der Waals surface area (Å²) in [6, 6.07) is 4.36. The van der Waals surface area contributed by atoms with Gasteiger partial charge in [0.05, 0.1) is 30.3 Å². The van der Waals surface area contributed by atoms with E-state index in [1.807, 2.05) is 0 Å². The molecule has 0 spiro atoms. The lowest BCUT2D eigenvalue weighted by Gasteiger charge is -2.18. The summed E-state index contributed by atoms with van der Waals surface area (Å²) in [5.74, 6) is 0.370. The normalized spacial score (nSPS) is 23.2. The first-order valence-electron chi connectivity index (χ1n) is 5.46. The van der Waals surface area contributed by atoms with Gasteiger partial charge in [0.1, 0.15) is 5.75 Å². The fourth-order valence-corrected chi connectivity index (χ4v) is 1.95. The number of ether oxygens (including phenoxy) is 1. The maximum absolute atomic E-state index is 10.8. The summed E-state index contributed by atoms with van der Waals surface area (Å²) >= 11 is 0. The fourth-order valence-electron chi connectivity index (χ4n) is 1.95. The molecule has 0 amide bonds. The van der Waals surface area contributed by atoms with E-state index in [1.165, 1.54) is 19.2 Å². The van der Waals surface area contributed by atoms with Crippen molar-refractivity contribution in [3.63, 3.8) is 0 Å². The summed E-state index contributed by atoms with van der Waals surface area (Å²) < 4.78 is 5.00. The zero-order chi connectivity index (χ0) is 13.3. The van der Waals surface area contributed by atoms with Gasteiger partial charge in [0.2, 0.25) is 0 Å². The minimum atomic E-state index is -0.838. The Morgan fingerprint density at radius 1 is 1.33 bits per heavy atom. The van der Waals surface area contributed by atoms with Crippen LogP contribution in [-0.4, -0.2) is 47.5 Å². The molecule has 1 aromatic carbocycles. The number of rotatable bonds is 3. The van der Waals surface area contributed by atoms with Crippen molar-refractivity contribution < 1.29 is 19.9 Å². The third kappa shape index (κ3) is 2.36. The monoisotopic (exact) mass is 254 g/mol. The first-order valence-corrected chi connectivity index (χ1v) is 5.46. The molecule has 0 aromatic heterocycles. The van der Waals surface area contributed by atoms with Crippen molar-refractivity contribution in [1.82, 2.24) is 0 Å². The van der Waals surface area contributed by atoms with Crippen LogP contribution in [-0.2, 0) is 0 Å². The summed E-state index contributed by atoms with van der Waals surface area (Å²) in [5, 5.41) is 29.8. The highest BCUT2D eigenvalue weighted by molar-refractivity contribution is 5.58. The zero-order valence-electron chi connectivity index (χ0n) is 9.81. The van der Waals surface area contributed by atoms with Crippen LogP contribution in [0, 0.1) is 10.1 Å². The van der Waals surface area contributed by atoms with Crippen LogP contribution in [0.3, 0.4) is 0 Å². The molecule has 2 unspecified atom stereocenters. The van der Waals surface area contributed by atoms with Gasteiger partial charge >= 0.3 is 0 Å². The van der Waals surface area contributed by atoms with Crippen LogP contribution >= 0.6 is 0 Å². The van der Waals surface area contributed by atoms with Crippen LogP contribution in [0.15, 0.2) is 18.2 Å². The minimum Gasteiger partial charge on any atom is -0.496 e. The lowest BCUT2D eigenvalue weighted by Crippen LogP contribution is -2.22. The van der Waals surface area contributed by atoms with Crippen molar-refractivity contribution in [2.75, 3.05) is 25.1 Å². The standard InChI is InChI=1S/C11H14N2O5/c1-18-9-3-7(2-8(4-9)13(16)17)12-5-10(14)11(15)6-12/h2-4,10-11,14-15H,5-6H2,1H3. The Balaban J connectivity index is 2.32. The average Bonchev–Trinajstić information content (AvgIpc) is 2.69. The molecule has 1 saturated heterocycles. The van der Waals surface area contributed by atoms with Crippen LogP contribution < -0.4 is 9.64 Å². The van der Waals surface area contributed by atoms with Crippen molar-refractivity contribution in [3.05, 3.63) is 28.3 Å². The maximum Gasteiger partial charge on any atom is 0.275 e. The third-order valence-corrected chi connectivity index (χ3v) is 2.95. The van der Waals surface area contributed by atoms with Gasteiger partial charge in [-0.1, -0.05) is 0 Å². The van der Waals surface area contributed by atoms with Gasteiger partial charge in [-0.15, -0.1) is 0 Å². The second-order valence-corrected chi connectivity index (χ2v) is 4.19. The zero-order valence-corrected chi connectivity index (χ0v) is 9.81. The highest BCUT2D eigenvalue weighted by atomic mass is 16.6. The number of non-ortho nitro benzene ring substituents is 1. The van der Waals surface area contributed by atoms with E-state index in [0.717, 1.165) is 0 Å². The van der Waals surface area contributed by atoms with Gasteiger partial charge in [-0.05, 0) is 0 Å². The van der Waals surface area contributed by atoms with E-state index >= 15 is 0 Å². The van der Waals surface area contributed by atoms with Gasteiger partial charge in [0, 0.05) is 30.9 Å². The Labute approximate surface area is 103 Å². The molecule has 0 bridgehead atoms. The molecular formula is C11H14N2O5. The highest BCUT2D eigenvalue weighted by Gasteiger charge is 2.30. The second-order valence-electron chi connectivity index (χ2n) is 4.19. The summed E-state index contributed by atoms with van der Waals surface area (Å²) in [6.07, 6.45) is -1.68. The van der Waals surface area contributed by atoms with E-state index in [0.29, 0.717) is 11.4 Å². The van der Waals surface area contributed by atoms with E-state index in [9.17, 15) is 20.3 Å². The molecule has 18 heavy (non-hydrogen) atoms.